The van der Waals surface area contributed by atoms with Crippen LogP contribution in [0.25, 0.3) is 0 Å². The second-order valence-electron chi connectivity index (χ2n) is 3.93. The Morgan fingerprint density at radius 2 is 2.11 bits per heavy atom. The summed E-state index contributed by atoms with van der Waals surface area (Å²) in [6, 6.07) is 7.40. The number of hydrogen-bond acceptors (Lipinski definition) is 3. The van der Waals surface area contributed by atoms with Gasteiger partial charge < -0.3 is 4.98 Å². The van der Waals surface area contributed by atoms with Gasteiger partial charge in [0.15, 0.2) is 5.03 Å². The van der Waals surface area contributed by atoms with E-state index in [9.17, 15) is 8.42 Å². The standard InChI is InChI=1S/C12H15N3O2S/c1-2-5-10-6-3-4-7-11(10)15-18(16,17)12-8-13-9-14-12/h3-4,6-9,15H,2,5H2,1H3,(H,13,14). The van der Waals surface area contributed by atoms with Crippen LogP contribution in [0.3, 0.4) is 0 Å². The zero-order chi connectivity index (χ0) is 13.0. The van der Waals surface area contributed by atoms with Crippen LogP contribution in [0.4, 0.5) is 5.69 Å². The Hall–Kier alpha value is -1.82. The van der Waals surface area contributed by atoms with Gasteiger partial charge in [-0.15, -0.1) is 0 Å². The Labute approximate surface area is 106 Å². The molecule has 0 fully saturated rings. The third-order valence-electron chi connectivity index (χ3n) is 2.54. The molecule has 0 aliphatic heterocycles. The number of imidazole rings is 1. The number of aryl methyl sites for hydroxylation is 1. The van der Waals surface area contributed by atoms with Crippen molar-refractivity contribution in [1.82, 2.24) is 9.97 Å². The highest BCUT2D eigenvalue weighted by atomic mass is 32.2. The highest BCUT2D eigenvalue weighted by Gasteiger charge is 2.16. The molecule has 1 heterocycles. The fourth-order valence-electron chi connectivity index (χ4n) is 1.70. The van der Waals surface area contributed by atoms with Crippen molar-refractivity contribution in [2.75, 3.05) is 4.72 Å². The van der Waals surface area contributed by atoms with Crippen molar-refractivity contribution in [3.05, 3.63) is 42.4 Å². The second-order valence-corrected chi connectivity index (χ2v) is 5.58. The molecular weight excluding hydrogens is 250 g/mol. The first-order valence-electron chi connectivity index (χ1n) is 5.72. The van der Waals surface area contributed by atoms with E-state index in [0.717, 1.165) is 18.4 Å². The minimum Gasteiger partial charge on any atom is -0.334 e. The zero-order valence-electron chi connectivity index (χ0n) is 10.1. The van der Waals surface area contributed by atoms with Gasteiger partial charge in [0, 0.05) is 0 Å². The van der Waals surface area contributed by atoms with Crippen LogP contribution in [0.5, 0.6) is 0 Å². The van der Waals surface area contributed by atoms with Crippen LogP contribution >= 0.6 is 0 Å². The summed E-state index contributed by atoms with van der Waals surface area (Å²) in [6.07, 6.45) is 4.42. The number of para-hydroxylation sites is 1. The van der Waals surface area contributed by atoms with Crippen molar-refractivity contribution in [3.63, 3.8) is 0 Å². The van der Waals surface area contributed by atoms with Gasteiger partial charge in [0.2, 0.25) is 0 Å². The first-order valence-corrected chi connectivity index (χ1v) is 7.21. The molecule has 18 heavy (non-hydrogen) atoms. The number of nitrogens with one attached hydrogen (secondary N) is 2. The van der Waals surface area contributed by atoms with Crippen molar-refractivity contribution in [3.8, 4) is 0 Å². The van der Waals surface area contributed by atoms with E-state index in [1.54, 1.807) is 6.07 Å². The van der Waals surface area contributed by atoms with Crippen molar-refractivity contribution in [1.29, 1.82) is 0 Å². The molecule has 96 valence electrons. The largest absolute Gasteiger partial charge is 0.334 e. The zero-order valence-corrected chi connectivity index (χ0v) is 10.9. The van der Waals surface area contributed by atoms with Gasteiger partial charge in [-0.3, -0.25) is 4.72 Å². The van der Waals surface area contributed by atoms with Crippen molar-refractivity contribution in [2.24, 2.45) is 0 Å². The number of hydrogen-bond donors (Lipinski definition) is 2. The predicted molar refractivity (Wildman–Crippen MR) is 69.8 cm³/mol. The summed E-state index contributed by atoms with van der Waals surface area (Å²) in [7, 11) is -3.58. The van der Waals surface area contributed by atoms with Crippen LogP contribution in [-0.4, -0.2) is 18.4 Å². The smallest absolute Gasteiger partial charge is 0.278 e. The number of benzene rings is 1. The molecule has 2 N–H and O–H groups in total. The molecule has 0 bridgehead atoms. The lowest BCUT2D eigenvalue weighted by Crippen LogP contribution is -2.14. The summed E-state index contributed by atoms with van der Waals surface area (Å²) < 4.78 is 26.6. The molecule has 6 heteroatoms. The molecule has 0 spiro atoms. The minimum atomic E-state index is -3.58. The highest BCUT2D eigenvalue weighted by Crippen LogP contribution is 2.20. The van der Waals surface area contributed by atoms with E-state index in [2.05, 4.69) is 21.6 Å². The van der Waals surface area contributed by atoms with Crippen molar-refractivity contribution in [2.45, 2.75) is 24.8 Å². The number of anilines is 1. The molecule has 0 amide bonds. The monoisotopic (exact) mass is 265 g/mol. The molecule has 1 aromatic heterocycles. The maximum atomic E-state index is 12.0. The normalized spacial score (nSPS) is 11.4. The van der Waals surface area contributed by atoms with Gasteiger partial charge in [-0.25, -0.2) is 4.98 Å². The molecule has 0 aliphatic rings. The van der Waals surface area contributed by atoms with Crippen LogP contribution in [0.2, 0.25) is 0 Å². The van der Waals surface area contributed by atoms with Crippen LogP contribution in [0.1, 0.15) is 18.9 Å². The van der Waals surface area contributed by atoms with Gasteiger partial charge in [-0.2, -0.15) is 8.42 Å². The number of aromatic nitrogens is 2. The number of nitrogens with zero attached hydrogens (tertiary/aromatic N) is 1. The fourth-order valence-corrected chi connectivity index (χ4v) is 2.70. The average Bonchev–Trinajstić information content (AvgIpc) is 2.86. The summed E-state index contributed by atoms with van der Waals surface area (Å²) in [6.45, 7) is 2.06. The van der Waals surface area contributed by atoms with E-state index in [1.165, 1.54) is 12.5 Å². The lowest BCUT2D eigenvalue weighted by molar-refractivity contribution is 0.598. The van der Waals surface area contributed by atoms with E-state index in [4.69, 9.17) is 0 Å². The number of sulfonamides is 1. The third kappa shape index (κ3) is 2.70. The van der Waals surface area contributed by atoms with Crippen LogP contribution < -0.4 is 4.72 Å². The van der Waals surface area contributed by atoms with Gasteiger partial charge in [-0.05, 0) is 18.1 Å². The number of H-pyrrole nitrogens is 1. The minimum absolute atomic E-state index is 0.0637. The number of rotatable bonds is 5. The lowest BCUT2D eigenvalue weighted by atomic mass is 10.1. The SMILES string of the molecule is CCCc1ccccc1NS(=O)(=O)c1cnc[nH]1. The Bertz CT molecular complexity index is 606. The highest BCUT2D eigenvalue weighted by molar-refractivity contribution is 7.92. The maximum absolute atomic E-state index is 12.0. The second kappa shape index (κ2) is 5.22. The summed E-state index contributed by atoms with van der Waals surface area (Å²) in [5, 5.41) is 0.0637. The van der Waals surface area contributed by atoms with E-state index in [-0.39, 0.29) is 5.03 Å². The van der Waals surface area contributed by atoms with Gasteiger partial charge in [-0.1, -0.05) is 31.5 Å². The van der Waals surface area contributed by atoms with Gasteiger partial charge in [0.1, 0.15) is 0 Å². The van der Waals surface area contributed by atoms with E-state index >= 15 is 0 Å². The Kier molecular flexibility index (Phi) is 3.66. The van der Waals surface area contributed by atoms with E-state index in [1.807, 2.05) is 18.2 Å². The van der Waals surface area contributed by atoms with Crippen molar-refractivity contribution >= 4 is 15.7 Å². The first-order chi connectivity index (χ1) is 8.63. The van der Waals surface area contributed by atoms with Crippen LogP contribution in [-0.2, 0) is 16.4 Å². The summed E-state index contributed by atoms with van der Waals surface area (Å²) >= 11 is 0. The molecule has 0 unspecified atom stereocenters. The van der Waals surface area contributed by atoms with Gasteiger partial charge >= 0.3 is 0 Å². The Morgan fingerprint density at radius 3 is 2.78 bits per heavy atom. The van der Waals surface area contributed by atoms with Crippen LogP contribution in [0, 0.1) is 0 Å². The van der Waals surface area contributed by atoms with Gasteiger partial charge in [0.05, 0.1) is 18.2 Å². The summed E-state index contributed by atoms with van der Waals surface area (Å²) in [4.78, 5) is 6.30. The predicted octanol–water partition coefficient (Wildman–Crippen LogP) is 2.16. The van der Waals surface area contributed by atoms with Gasteiger partial charge in [0.25, 0.3) is 10.0 Å². The molecule has 1 aromatic carbocycles. The third-order valence-corrected chi connectivity index (χ3v) is 3.83. The number of aromatic amines is 1. The Morgan fingerprint density at radius 1 is 1.33 bits per heavy atom. The molecule has 0 saturated heterocycles. The molecule has 2 aromatic rings. The quantitative estimate of drug-likeness (QED) is 0.870. The lowest BCUT2D eigenvalue weighted by Gasteiger charge is -2.10. The fraction of sp³-hybridized carbons (Fsp3) is 0.250. The van der Waals surface area contributed by atoms with E-state index in [0.29, 0.717) is 5.69 Å². The molecule has 0 atom stereocenters. The summed E-state index contributed by atoms with van der Waals surface area (Å²) in [5.41, 5.74) is 1.61. The Balaban J connectivity index is 2.29. The maximum Gasteiger partial charge on any atom is 0.278 e. The molecule has 2 rings (SSSR count). The molecular formula is C12H15N3O2S. The molecule has 0 radical (unpaired) electrons. The first kappa shape index (κ1) is 12.6. The molecule has 0 saturated carbocycles. The van der Waals surface area contributed by atoms with Crippen LogP contribution in [0.15, 0.2) is 41.8 Å². The summed E-state index contributed by atoms with van der Waals surface area (Å²) in [5.74, 6) is 0. The van der Waals surface area contributed by atoms with Crippen molar-refractivity contribution < 1.29 is 8.42 Å². The average molecular weight is 265 g/mol. The molecule has 0 aliphatic carbocycles. The van der Waals surface area contributed by atoms with E-state index < -0.39 is 10.0 Å². The molecule has 5 nitrogen and oxygen atoms in total. The topological polar surface area (TPSA) is 74.8 Å².